The van der Waals surface area contributed by atoms with Crippen LogP contribution in [0.15, 0.2) is 66.0 Å². The summed E-state index contributed by atoms with van der Waals surface area (Å²) < 4.78 is 1.98. The number of imidazole rings is 1. The average Bonchev–Trinajstić information content (AvgIpc) is 3.24. The Kier molecular flexibility index (Phi) is 9.04. The van der Waals surface area contributed by atoms with Gasteiger partial charge in [0, 0.05) is 57.9 Å². The average molecular weight is 545 g/mol. The van der Waals surface area contributed by atoms with E-state index in [9.17, 15) is 0 Å². The first-order valence-corrected chi connectivity index (χ1v) is 11.0. The van der Waals surface area contributed by atoms with Crippen LogP contribution in [0.25, 0.3) is 5.82 Å². The number of hydrogen-bond donors (Lipinski definition) is 1. The van der Waals surface area contributed by atoms with Crippen molar-refractivity contribution in [3.8, 4) is 5.82 Å². The van der Waals surface area contributed by atoms with Crippen LogP contribution in [0.1, 0.15) is 23.9 Å². The van der Waals surface area contributed by atoms with Crippen LogP contribution >= 0.6 is 24.0 Å². The van der Waals surface area contributed by atoms with Crippen molar-refractivity contribution in [1.29, 1.82) is 0 Å². The molecular formula is C24H32IN7. The lowest BCUT2D eigenvalue weighted by Crippen LogP contribution is -2.52. The molecule has 3 aromatic rings. The number of aryl methyl sites for hydroxylation is 1. The molecule has 8 heteroatoms. The predicted molar refractivity (Wildman–Crippen MR) is 140 cm³/mol. The number of aromatic nitrogens is 3. The lowest BCUT2D eigenvalue weighted by atomic mass is 10.2. The molecule has 0 atom stereocenters. The summed E-state index contributed by atoms with van der Waals surface area (Å²) in [5.41, 5.74) is 2.47. The van der Waals surface area contributed by atoms with E-state index in [1.54, 1.807) is 6.20 Å². The molecule has 1 fully saturated rings. The van der Waals surface area contributed by atoms with E-state index in [1.807, 2.05) is 30.0 Å². The summed E-state index contributed by atoms with van der Waals surface area (Å²) in [5, 5.41) is 3.45. The molecule has 0 amide bonds. The van der Waals surface area contributed by atoms with Crippen LogP contribution in [0.3, 0.4) is 0 Å². The van der Waals surface area contributed by atoms with Crippen molar-refractivity contribution in [1.82, 2.24) is 29.7 Å². The van der Waals surface area contributed by atoms with Gasteiger partial charge in [-0.2, -0.15) is 0 Å². The van der Waals surface area contributed by atoms with E-state index in [0.29, 0.717) is 6.54 Å². The number of nitrogens with zero attached hydrogens (tertiary/aromatic N) is 6. The minimum atomic E-state index is 0. The van der Waals surface area contributed by atoms with E-state index < -0.39 is 0 Å². The molecule has 1 aliphatic heterocycles. The second-order valence-electron chi connectivity index (χ2n) is 7.79. The summed E-state index contributed by atoms with van der Waals surface area (Å²) in [7, 11) is 0. The third-order valence-electron chi connectivity index (χ3n) is 5.55. The maximum absolute atomic E-state index is 4.88. The number of piperazine rings is 1. The van der Waals surface area contributed by atoms with E-state index >= 15 is 0 Å². The van der Waals surface area contributed by atoms with Gasteiger partial charge in [0.25, 0.3) is 0 Å². The molecule has 0 bridgehead atoms. The zero-order valence-electron chi connectivity index (χ0n) is 18.8. The number of halogens is 1. The standard InChI is InChI=1S/C24H31N7.HI/c1-3-25-24(30-15-13-29(14-16-30)19-21-7-5-4-6-8-21)28-18-22-9-10-23(27-17-22)31-12-11-26-20(31)2;/h4-12,17H,3,13-16,18-19H2,1-2H3,(H,25,28);1H. The maximum Gasteiger partial charge on any atom is 0.194 e. The van der Waals surface area contributed by atoms with Gasteiger partial charge in [0.2, 0.25) is 0 Å². The molecule has 0 radical (unpaired) electrons. The minimum absolute atomic E-state index is 0. The van der Waals surface area contributed by atoms with Gasteiger partial charge in [-0.05, 0) is 31.0 Å². The van der Waals surface area contributed by atoms with Crippen molar-refractivity contribution < 1.29 is 0 Å². The first-order valence-electron chi connectivity index (χ1n) is 11.0. The molecule has 0 saturated carbocycles. The second-order valence-corrected chi connectivity index (χ2v) is 7.79. The third kappa shape index (κ3) is 6.29. The summed E-state index contributed by atoms with van der Waals surface area (Å²) in [5.74, 6) is 2.79. The Morgan fingerprint density at radius 2 is 1.78 bits per heavy atom. The van der Waals surface area contributed by atoms with Crippen molar-refractivity contribution in [2.75, 3.05) is 32.7 Å². The Balaban J connectivity index is 0.00000289. The third-order valence-corrected chi connectivity index (χ3v) is 5.55. The highest BCUT2D eigenvalue weighted by Crippen LogP contribution is 2.11. The fourth-order valence-electron chi connectivity index (χ4n) is 3.82. The molecule has 0 aliphatic carbocycles. The largest absolute Gasteiger partial charge is 0.357 e. The van der Waals surface area contributed by atoms with E-state index in [4.69, 9.17) is 4.99 Å². The molecule has 0 spiro atoms. The number of hydrogen-bond acceptors (Lipinski definition) is 4. The van der Waals surface area contributed by atoms with E-state index in [1.165, 1.54) is 5.56 Å². The molecule has 32 heavy (non-hydrogen) atoms. The Morgan fingerprint density at radius 1 is 1.00 bits per heavy atom. The lowest BCUT2D eigenvalue weighted by molar-refractivity contribution is 0.172. The molecule has 1 N–H and O–H groups in total. The van der Waals surface area contributed by atoms with Crippen LogP contribution in [0.4, 0.5) is 0 Å². The molecule has 7 nitrogen and oxygen atoms in total. The van der Waals surface area contributed by atoms with Gasteiger partial charge >= 0.3 is 0 Å². The highest BCUT2D eigenvalue weighted by Gasteiger charge is 2.19. The summed E-state index contributed by atoms with van der Waals surface area (Å²) in [6.45, 7) is 10.6. The SMILES string of the molecule is CCNC(=NCc1ccc(-n2ccnc2C)nc1)N1CCN(Cc2ccccc2)CC1.I. The second kappa shape index (κ2) is 12.0. The van der Waals surface area contributed by atoms with Gasteiger partial charge in [0.05, 0.1) is 6.54 Å². The number of rotatable bonds is 6. The van der Waals surface area contributed by atoms with Crippen LogP contribution in [0.2, 0.25) is 0 Å². The van der Waals surface area contributed by atoms with E-state index in [-0.39, 0.29) is 24.0 Å². The fraction of sp³-hybridized carbons (Fsp3) is 0.375. The van der Waals surface area contributed by atoms with Crippen molar-refractivity contribution in [3.05, 3.63) is 78.0 Å². The van der Waals surface area contributed by atoms with E-state index in [0.717, 1.165) is 62.4 Å². The number of pyridine rings is 1. The van der Waals surface area contributed by atoms with Crippen molar-refractivity contribution in [2.24, 2.45) is 4.99 Å². The van der Waals surface area contributed by atoms with Gasteiger partial charge in [-0.1, -0.05) is 36.4 Å². The Bertz CT molecular complexity index is 977. The van der Waals surface area contributed by atoms with Gasteiger partial charge in [-0.25, -0.2) is 15.0 Å². The Labute approximate surface area is 207 Å². The zero-order valence-corrected chi connectivity index (χ0v) is 21.1. The summed E-state index contributed by atoms with van der Waals surface area (Å²) in [4.78, 5) is 18.6. The monoisotopic (exact) mass is 545 g/mol. The Morgan fingerprint density at radius 3 is 2.41 bits per heavy atom. The number of aliphatic imine (C=N–C) groups is 1. The zero-order chi connectivity index (χ0) is 21.5. The lowest BCUT2D eigenvalue weighted by Gasteiger charge is -2.36. The van der Waals surface area contributed by atoms with Crippen LogP contribution in [0.5, 0.6) is 0 Å². The van der Waals surface area contributed by atoms with Crippen LogP contribution in [-0.4, -0.2) is 63.0 Å². The molecule has 1 saturated heterocycles. The van der Waals surface area contributed by atoms with Crippen LogP contribution in [0, 0.1) is 6.92 Å². The Hall–Kier alpha value is -2.46. The molecule has 3 heterocycles. The number of nitrogens with one attached hydrogen (secondary N) is 1. The fourth-order valence-corrected chi connectivity index (χ4v) is 3.82. The van der Waals surface area contributed by atoms with Gasteiger partial charge in [0.1, 0.15) is 11.6 Å². The van der Waals surface area contributed by atoms with Gasteiger partial charge in [-0.15, -0.1) is 24.0 Å². The topological polar surface area (TPSA) is 61.6 Å². The predicted octanol–water partition coefficient (Wildman–Crippen LogP) is 3.48. The molecule has 1 aromatic carbocycles. The summed E-state index contributed by atoms with van der Waals surface area (Å²) in [6, 6.07) is 14.8. The molecule has 4 rings (SSSR count). The molecule has 2 aromatic heterocycles. The minimum Gasteiger partial charge on any atom is -0.357 e. The highest BCUT2D eigenvalue weighted by molar-refractivity contribution is 14.0. The van der Waals surface area contributed by atoms with E-state index in [2.05, 4.69) is 68.4 Å². The molecule has 170 valence electrons. The molecule has 1 aliphatic rings. The normalized spacial score (nSPS) is 14.8. The van der Waals surface area contributed by atoms with Gasteiger partial charge in [-0.3, -0.25) is 9.47 Å². The maximum atomic E-state index is 4.88. The van der Waals surface area contributed by atoms with Gasteiger partial charge < -0.3 is 10.2 Å². The van der Waals surface area contributed by atoms with Crippen molar-refractivity contribution in [3.63, 3.8) is 0 Å². The van der Waals surface area contributed by atoms with Gasteiger partial charge in [0.15, 0.2) is 5.96 Å². The first-order chi connectivity index (χ1) is 15.2. The van der Waals surface area contributed by atoms with Crippen LogP contribution in [-0.2, 0) is 13.1 Å². The smallest absolute Gasteiger partial charge is 0.194 e. The summed E-state index contributed by atoms with van der Waals surface area (Å²) in [6.07, 6.45) is 5.62. The highest BCUT2D eigenvalue weighted by atomic mass is 127. The van der Waals surface area contributed by atoms with Crippen LogP contribution < -0.4 is 5.32 Å². The van der Waals surface area contributed by atoms with Crippen molar-refractivity contribution >= 4 is 29.9 Å². The first kappa shape index (κ1) is 24.2. The number of benzene rings is 1. The van der Waals surface area contributed by atoms with Crippen molar-refractivity contribution in [2.45, 2.75) is 26.9 Å². The number of guanidine groups is 1. The quantitative estimate of drug-likeness (QED) is 0.292. The molecule has 0 unspecified atom stereocenters. The molecular weight excluding hydrogens is 513 g/mol. The summed E-state index contributed by atoms with van der Waals surface area (Å²) >= 11 is 0.